The first-order valence-corrected chi connectivity index (χ1v) is 10.6. The highest BCUT2D eigenvalue weighted by molar-refractivity contribution is 6.30. The molecule has 7 heteroatoms. The van der Waals surface area contributed by atoms with Crippen LogP contribution < -0.4 is 5.32 Å². The third kappa shape index (κ3) is 5.74. The van der Waals surface area contributed by atoms with E-state index < -0.39 is 0 Å². The number of amides is 1. The Morgan fingerprint density at radius 2 is 1.97 bits per heavy atom. The van der Waals surface area contributed by atoms with Gasteiger partial charge in [-0.25, -0.2) is 0 Å². The minimum absolute atomic E-state index is 0.0158. The van der Waals surface area contributed by atoms with Crippen LogP contribution >= 0.6 is 11.6 Å². The number of rotatable bonds is 9. The van der Waals surface area contributed by atoms with Gasteiger partial charge in [-0.15, -0.1) is 0 Å². The van der Waals surface area contributed by atoms with Gasteiger partial charge in [-0.1, -0.05) is 23.7 Å². The Morgan fingerprint density at radius 1 is 1.17 bits per heavy atom. The highest BCUT2D eigenvalue weighted by Crippen LogP contribution is 2.22. The topological polar surface area (TPSA) is 61.6 Å². The average molecular weight is 429 g/mol. The Morgan fingerprint density at radius 3 is 2.67 bits per heavy atom. The molecule has 0 saturated heterocycles. The van der Waals surface area contributed by atoms with Crippen LogP contribution in [0, 0.1) is 0 Å². The molecule has 0 saturated carbocycles. The maximum absolute atomic E-state index is 13.1. The first kappa shape index (κ1) is 22.1. The SMILES string of the molecule is CC(C)N(CCCN(C)C)C(=O)c1ccc2oc(NCc3cccc(Cl)c3)nc2c1. The lowest BCUT2D eigenvalue weighted by atomic mass is 10.1. The van der Waals surface area contributed by atoms with Crippen LogP contribution in [0.4, 0.5) is 6.01 Å². The molecule has 160 valence electrons. The second kappa shape index (κ2) is 9.96. The molecular formula is C23H29ClN4O2. The first-order chi connectivity index (χ1) is 14.3. The van der Waals surface area contributed by atoms with Gasteiger partial charge in [0, 0.05) is 29.7 Å². The van der Waals surface area contributed by atoms with E-state index in [0.717, 1.165) is 25.1 Å². The highest BCUT2D eigenvalue weighted by atomic mass is 35.5. The molecule has 3 rings (SSSR count). The van der Waals surface area contributed by atoms with Gasteiger partial charge in [0.25, 0.3) is 11.9 Å². The molecule has 1 amide bonds. The number of carbonyl (C=O) groups is 1. The van der Waals surface area contributed by atoms with Crippen LogP contribution in [-0.2, 0) is 6.54 Å². The maximum Gasteiger partial charge on any atom is 0.295 e. The van der Waals surface area contributed by atoms with Crippen LogP contribution in [-0.4, -0.2) is 53.9 Å². The number of carbonyl (C=O) groups excluding carboxylic acids is 1. The largest absolute Gasteiger partial charge is 0.424 e. The van der Waals surface area contributed by atoms with E-state index in [2.05, 4.69) is 15.2 Å². The highest BCUT2D eigenvalue weighted by Gasteiger charge is 2.19. The van der Waals surface area contributed by atoms with E-state index in [-0.39, 0.29) is 11.9 Å². The van der Waals surface area contributed by atoms with Crippen LogP contribution in [0.2, 0.25) is 5.02 Å². The summed E-state index contributed by atoms with van der Waals surface area (Å²) in [6.07, 6.45) is 0.931. The van der Waals surface area contributed by atoms with Crippen LogP contribution in [0.15, 0.2) is 46.9 Å². The van der Waals surface area contributed by atoms with Crippen LogP contribution in [0.1, 0.15) is 36.2 Å². The predicted molar refractivity (Wildman–Crippen MR) is 122 cm³/mol. The molecule has 0 aliphatic rings. The van der Waals surface area contributed by atoms with Crippen LogP contribution in [0.3, 0.4) is 0 Å². The summed E-state index contributed by atoms with van der Waals surface area (Å²) < 4.78 is 5.77. The molecule has 0 radical (unpaired) electrons. The van der Waals surface area contributed by atoms with Crippen LogP contribution in [0.25, 0.3) is 11.1 Å². The van der Waals surface area contributed by atoms with E-state index in [1.54, 1.807) is 18.2 Å². The van der Waals surface area contributed by atoms with Crippen molar-refractivity contribution in [3.8, 4) is 0 Å². The molecular weight excluding hydrogens is 400 g/mol. The number of fused-ring (bicyclic) bond motifs is 1. The van der Waals surface area contributed by atoms with Crippen molar-refractivity contribution in [1.29, 1.82) is 0 Å². The zero-order valence-corrected chi connectivity index (χ0v) is 18.7. The summed E-state index contributed by atoms with van der Waals surface area (Å²) in [6, 6.07) is 13.6. The molecule has 0 bridgehead atoms. The summed E-state index contributed by atoms with van der Waals surface area (Å²) in [5.41, 5.74) is 2.96. The number of oxazole rings is 1. The Hall–Kier alpha value is -2.57. The molecule has 6 nitrogen and oxygen atoms in total. The Balaban J connectivity index is 1.71. The smallest absolute Gasteiger partial charge is 0.295 e. The number of nitrogens with one attached hydrogen (secondary N) is 1. The van der Waals surface area contributed by atoms with Gasteiger partial charge in [-0.3, -0.25) is 4.79 Å². The maximum atomic E-state index is 13.1. The molecule has 0 spiro atoms. The monoisotopic (exact) mass is 428 g/mol. The number of anilines is 1. The van der Waals surface area contributed by atoms with E-state index in [1.165, 1.54) is 0 Å². The van der Waals surface area contributed by atoms with Crippen molar-refractivity contribution >= 4 is 34.6 Å². The van der Waals surface area contributed by atoms with Crippen molar-refractivity contribution in [2.24, 2.45) is 0 Å². The Bertz CT molecular complexity index is 1000. The second-order valence-corrected chi connectivity index (χ2v) is 8.37. The van der Waals surface area contributed by atoms with E-state index in [0.29, 0.717) is 34.2 Å². The summed E-state index contributed by atoms with van der Waals surface area (Å²) in [4.78, 5) is 21.6. The summed E-state index contributed by atoms with van der Waals surface area (Å²) in [5, 5.41) is 3.86. The number of hydrogen-bond donors (Lipinski definition) is 1. The number of nitrogens with zero attached hydrogens (tertiary/aromatic N) is 3. The van der Waals surface area contributed by atoms with Crippen LogP contribution in [0.5, 0.6) is 0 Å². The average Bonchev–Trinajstić information content (AvgIpc) is 3.11. The lowest BCUT2D eigenvalue weighted by molar-refractivity contribution is 0.0699. The number of hydrogen-bond acceptors (Lipinski definition) is 5. The van der Waals surface area contributed by atoms with Gasteiger partial charge in [0.1, 0.15) is 5.52 Å². The number of halogens is 1. The molecule has 0 aliphatic carbocycles. The van der Waals surface area contributed by atoms with Gasteiger partial charge in [-0.05, 0) is 76.8 Å². The minimum atomic E-state index is 0.0158. The van der Waals surface area contributed by atoms with Gasteiger partial charge >= 0.3 is 0 Å². The zero-order valence-electron chi connectivity index (χ0n) is 18.0. The van der Waals surface area contributed by atoms with E-state index in [9.17, 15) is 4.79 Å². The quantitative estimate of drug-likeness (QED) is 0.525. The lowest BCUT2D eigenvalue weighted by Crippen LogP contribution is -2.38. The van der Waals surface area contributed by atoms with Crippen molar-refractivity contribution in [3.63, 3.8) is 0 Å². The Labute approximate surface area is 182 Å². The normalized spacial score (nSPS) is 11.4. The van der Waals surface area contributed by atoms with Gasteiger partial charge in [0.05, 0.1) is 0 Å². The van der Waals surface area contributed by atoms with E-state index in [4.69, 9.17) is 16.0 Å². The van der Waals surface area contributed by atoms with Crippen molar-refractivity contribution in [1.82, 2.24) is 14.8 Å². The van der Waals surface area contributed by atoms with Gasteiger partial charge in [0.2, 0.25) is 0 Å². The molecule has 0 atom stereocenters. The second-order valence-electron chi connectivity index (χ2n) is 7.93. The summed E-state index contributed by atoms with van der Waals surface area (Å²) in [7, 11) is 4.08. The fourth-order valence-corrected chi connectivity index (χ4v) is 3.49. The fourth-order valence-electron chi connectivity index (χ4n) is 3.28. The minimum Gasteiger partial charge on any atom is -0.424 e. The van der Waals surface area contributed by atoms with Crippen molar-refractivity contribution in [3.05, 3.63) is 58.6 Å². The molecule has 2 aromatic carbocycles. The standard InChI is InChI=1S/C23H29ClN4O2/c1-16(2)28(12-6-11-27(3)4)22(29)18-9-10-21-20(14-18)26-23(30-21)25-15-17-7-5-8-19(24)13-17/h5,7-10,13-14,16H,6,11-12,15H2,1-4H3,(H,25,26). The Kier molecular flexibility index (Phi) is 7.34. The fraction of sp³-hybridized carbons (Fsp3) is 0.391. The molecule has 30 heavy (non-hydrogen) atoms. The molecule has 3 aromatic rings. The molecule has 1 aromatic heterocycles. The van der Waals surface area contributed by atoms with Gasteiger partial charge in [0.15, 0.2) is 5.58 Å². The molecule has 0 fully saturated rings. The van der Waals surface area contributed by atoms with E-state index in [1.807, 2.05) is 57.1 Å². The molecule has 1 heterocycles. The zero-order chi connectivity index (χ0) is 21.7. The summed E-state index contributed by atoms with van der Waals surface area (Å²) in [5.74, 6) is 0.0158. The van der Waals surface area contributed by atoms with Gasteiger partial charge < -0.3 is 19.5 Å². The lowest BCUT2D eigenvalue weighted by Gasteiger charge is -2.27. The molecule has 0 aliphatic heterocycles. The number of benzene rings is 2. The van der Waals surface area contributed by atoms with E-state index >= 15 is 0 Å². The summed E-state index contributed by atoms with van der Waals surface area (Å²) >= 11 is 6.03. The molecule has 1 N–H and O–H groups in total. The summed E-state index contributed by atoms with van der Waals surface area (Å²) in [6.45, 7) is 6.30. The number of aromatic nitrogens is 1. The predicted octanol–water partition coefficient (Wildman–Crippen LogP) is 4.90. The first-order valence-electron chi connectivity index (χ1n) is 10.2. The van der Waals surface area contributed by atoms with Crippen molar-refractivity contribution < 1.29 is 9.21 Å². The van der Waals surface area contributed by atoms with Crippen molar-refractivity contribution in [2.75, 3.05) is 32.5 Å². The van der Waals surface area contributed by atoms with Gasteiger partial charge in [-0.2, -0.15) is 4.98 Å². The third-order valence-electron chi connectivity index (χ3n) is 4.86. The molecule has 0 unspecified atom stereocenters. The van der Waals surface area contributed by atoms with Crippen molar-refractivity contribution in [2.45, 2.75) is 32.9 Å². The third-order valence-corrected chi connectivity index (χ3v) is 5.09.